The largest absolute Gasteiger partial charge is 0.444 e. The molecule has 1 aromatic carbocycles. The minimum atomic E-state index is -1.48. The highest BCUT2D eigenvalue weighted by Gasteiger charge is 2.33. The van der Waals surface area contributed by atoms with Crippen LogP contribution in [0.15, 0.2) is 28.7 Å². The molecule has 0 aliphatic heterocycles. The lowest BCUT2D eigenvalue weighted by Gasteiger charge is -2.38. The van der Waals surface area contributed by atoms with Gasteiger partial charge in [-0.15, -0.1) is 0 Å². The molecule has 7 heteroatoms. The van der Waals surface area contributed by atoms with Gasteiger partial charge in [0.15, 0.2) is 0 Å². The summed E-state index contributed by atoms with van der Waals surface area (Å²) in [7, 11) is -1.48. The van der Waals surface area contributed by atoms with Crippen LogP contribution in [-0.4, -0.2) is 43.8 Å². The minimum absolute atomic E-state index is 0.107. The average molecular weight is 455 g/mol. The van der Waals surface area contributed by atoms with Crippen LogP contribution in [0.5, 0.6) is 0 Å². The molecule has 0 heterocycles. The number of carbonyl (C=O) groups is 1. The highest BCUT2D eigenvalue weighted by atomic mass is 32.2. The third-order valence-corrected chi connectivity index (χ3v) is 6.27. The Balaban J connectivity index is 3.27. The summed E-state index contributed by atoms with van der Waals surface area (Å²) in [4.78, 5) is 14.7. The van der Waals surface area contributed by atoms with Gasteiger partial charge in [0.2, 0.25) is 0 Å². The normalized spacial score (nSPS) is 15.4. The molecule has 0 saturated carbocycles. The van der Waals surface area contributed by atoms with Crippen LogP contribution >= 0.6 is 0 Å². The number of nitrogens with zero attached hydrogens (tertiary/aromatic N) is 2. The van der Waals surface area contributed by atoms with Gasteiger partial charge >= 0.3 is 6.09 Å². The second kappa shape index (κ2) is 10.2. The molecule has 0 unspecified atom stereocenters. The van der Waals surface area contributed by atoms with Crippen LogP contribution in [0, 0.1) is 11.2 Å². The standard InChI is InChI=1S/C24H39FN2O3S/c1-17(22(2,3)4)27(21(28)30-23(5,6)7)16-15-20(26-31(29)24(8,9)10)18-11-13-19(25)14-12-18/h11-14,17H,15-16H2,1-10H3/t17-,31+/m0/s1. The van der Waals surface area contributed by atoms with Crippen molar-refractivity contribution in [3.8, 4) is 0 Å². The van der Waals surface area contributed by atoms with Gasteiger partial charge < -0.3 is 9.64 Å². The third-order valence-electron chi connectivity index (χ3n) is 4.83. The molecule has 5 nitrogen and oxygen atoms in total. The lowest BCUT2D eigenvalue weighted by Crippen LogP contribution is -2.48. The average Bonchev–Trinajstić information content (AvgIpc) is 2.58. The Hall–Kier alpha value is -1.76. The van der Waals surface area contributed by atoms with Crippen LogP contribution in [-0.2, 0) is 15.7 Å². The van der Waals surface area contributed by atoms with Crippen LogP contribution in [0.25, 0.3) is 0 Å². The van der Waals surface area contributed by atoms with Crippen LogP contribution in [0.4, 0.5) is 9.18 Å². The van der Waals surface area contributed by atoms with E-state index in [0.717, 1.165) is 0 Å². The van der Waals surface area contributed by atoms with Crippen molar-refractivity contribution in [3.63, 3.8) is 0 Å². The van der Waals surface area contributed by atoms with Crippen molar-refractivity contribution in [2.45, 2.75) is 92.0 Å². The fourth-order valence-electron chi connectivity index (χ4n) is 2.58. The molecule has 1 amide bonds. The molecule has 0 fully saturated rings. The van der Waals surface area contributed by atoms with E-state index in [9.17, 15) is 13.4 Å². The van der Waals surface area contributed by atoms with Gasteiger partial charge in [0.05, 0.1) is 10.5 Å². The molecular formula is C24H39FN2O3S. The SMILES string of the molecule is C[C@H](N(CCC(=N[S@](=O)C(C)(C)C)c1ccc(F)cc1)C(=O)OC(C)(C)C)C(C)(C)C. The molecule has 0 spiro atoms. The van der Waals surface area contributed by atoms with E-state index in [1.54, 1.807) is 17.0 Å². The zero-order valence-corrected chi connectivity index (χ0v) is 21.5. The van der Waals surface area contributed by atoms with E-state index in [-0.39, 0.29) is 17.3 Å². The fraction of sp³-hybridized carbons (Fsp3) is 0.667. The number of hydrogen-bond donors (Lipinski definition) is 0. The number of rotatable bonds is 6. The summed E-state index contributed by atoms with van der Waals surface area (Å²) < 4.78 is 35.7. The maximum absolute atomic E-state index is 13.4. The summed E-state index contributed by atoms with van der Waals surface area (Å²) in [5.41, 5.74) is 0.474. The topological polar surface area (TPSA) is 59.0 Å². The molecule has 0 radical (unpaired) electrons. The van der Waals surface area contributed by atoms with Crippen molar-refractivity contribution in [1.82, 2.24) is 4.90 Å². The molecule has 31 heavy (non-hydrogen) atoms. The second-order valence-corrected chi connectivity index (χ2v) is 12.8. The van der Waals surface area contributed by atoms with Crippen LogP contribution in [0.1, 0.15) is 81.2 Å². The third kappa shape index (κ3) is 9.09. The first kappa shape index (κ1) is 27.3. The predicted octanol–water partition coefficient (Wildman–Crippen LogP) is 6.14. The Morgan fingerprint density at radius 1 is 1.06 bits per heavy atom. The maximum atomic E-state index is 13.4. The molecule has 0 aliphatic rings. The Morgan fingerprint density at radius 2 is 1.58 bits per heavy atom. The first-order valence-corrected chi connectivity index (χ1v) is 11.8. The molecule has 1 rings (SSSR count). The van der Waals surface area contributed by atoms with Gasteiger partial charge in [0.1, 0.15) is 22.4 Å². The van der Waals surface area contributed by atoms with E-state index in [0.29, 0.717) is 24.2 Å². The summed E-state index contributed by atoms with van der Waals surface area (Å²) in [6, 6.07) is 5.85. The first-order valence-electron chi connectivity index (χ1n) is 10.7. The molecule has 0 aliphatic carbocycles. The summed E-state index contributed by atoms with van der Waals surface area (Å²) in [6.45, 7) is 19.6. The zero-order valence-electron chi connectivity index (χ0n) is 20.7. The van der Waals surface area contributed by atoms with Crippen LogP contribution < -0.4 is 0 Å². The van der Waals surface area contributed by atoms with E-state index in [1.807, 2.05) is 48.5 Å². The van der Waals surface area contributed by atoms with Crippen molar-refractivity contribution in [2.75, 3.05) is 6.54 Å². The van der Waals surface area contributed by atoms with Crippen molar-refractivity contribution in [1.29, 1.82) is 0 Å². The Bertz CT molecular complexity index is 800. The molecule has 0 N–H and O–H groups in total. The molecular weight excluding hydrogens is 415 g/mol. The Kier molecular flexibility index (Phi) is 9.01. The van der Waals surface area contributed by atoms with Gasteiger partial charge in [-0.25, -0.2) is 13.4 Å². The number of benzene rings is 1. The van der Waals surface area contributed by atoms with Gasteiger partial charge in [-0.05, 0) is 71.6 Å². The lowest BCUT2D eigenvalue weighted by molar-refractivity contribution is 0.00604. The second-order valence-electron chi connectivity index (χ2n) is 10.9. The Morgan fingerprint density at radius 3 is 2.00 bits per heavy atom. The summed E-state index contributed by atoms with van der Waals surface area (Å²) in [5.74, 6) is -0.350. The van der Waals surface area contributed by atoms with Crippen molar-refractivity contribution >= 4 is 22.8 Å². The fourth-order valence-corrected chi connectivity index (χ4v) is 3.25. The van der Waals surface area contributed by atoms with E-state index in [4.69, 9.17) is 4.74 Å². The maximum Gasteiger partial charge on any atom is 0.410 e. The number of ether oxygens (including phenoxy) is 1. The molecule has 0 bridgehead atoms. The smallest absolute Gasteiger partial charge is 0.410 e. The number of halogens is 1. The van der Waals surface area contributed by atoms with E-state index >= 15 is 0 Å². The first-order chi connectivity index (χ1) is 13.9. The number of carbonyl (C=O) groups excluding carboxylic acids is 1. The molecule has 1 aromatic rings. The highest BCUT2D eigenvalue weighted by Crippen LogP contribution is 2.26. The molecule has 176 valence electrons. The summed E-state index contributed by atoms with van der Waals surface area (Å²) in [6.07, 6.45) is -0.0297. The number of amides is 1. The van der Waals surface area contributed by atoms with Gasteiger partial charge in [0, 0.05) is 19.0 Å². The molecule has 0 saturated heterocycles. The van der Waals surface area contributed by atoms with E-state index in [2.05, 4.69) is 25.2 Å². The molecule has 2 atom stereocenters. The van der Waals surface area contributed by atoms with E-state index in [1.165, 1.54) is 12.1 Å². The van der Waals surface area contributed by atoms with E-state index < -0.39 is 27.4 Å². The highest BCUT2D eigenvalue weighted by molar-refractivity contribution is 7.85. The van der Waals surface area contributed by atoms with Gasteiger partial charge in [-0.3, -0.25) is 0 Å². The van der Waals surface area contributed by atoms with Crippen LogP contribution in [0.3, 0.4) is 0 Å². The minimum Gasteiger partial charge on any atom is -0.444 e. The van der Waals surface area contributed by atoms with Crippen molar-refractivity contribution in [3.05, 3.63) is 35.6 Å². The predicted molar refractivity (Wildman–Crippen MR) is 127 cm³/mol. The Labute approximate surface area is 190 Å². The quantitative estimate of drug-likeness (QED) is 0.485. The van der Waals surface area contributed by atoms with Gasteiger partial charge in [-0.1, -0.05) is 32.9 Å². The summed E-state index contributed by atoms with van der Waals surface area (Å²) in [5, 5.41) is 0. The monoisotopic (exact) mass is 454 g/mol. The number of hydrogen-bond acceptors (Lipinski definition) is 3. The van der Waals surface area contributed by atoms with Crippen molar-refractivity contribution < 1.29 is 18.1 Å². The van der Waals surface area contributed by atoms with Crippen LogP contribution in [0.2, 0.25) is 0 Å². The zero-order chi connectivity index (χ0) is 24.2. The van der Waals surface area contributed by atoms with Gasteiger partial charge in [-0.2, -0.15) is 4.40 Å². The summed E-state index contributed by atoms with van der Waals surface area (Å²) >= 11 is 0. The molecule has 0 aromatic heterocycles. The van der Waals surface area contributed by atoms with Gasteiger partial charge in [0.25, 0.3) is 0 Å². The van der Waals surface area contributed by atoms with Crippen molar-refractivity contribution in [2.24, 2.45) is 9.81 Å². The lowest BCUT2D eigenvalue weighted by atomic mass is 9.87.